The highest BCUT2D eigenvalue weighted by Gasteiger charge is 2.24. The Morgan fingerprint density at radius 1 is 0.900 bits per heavy atom. The number of nitrogens with zero attached hydrogens (tertiary/aromatic N) is 4. The van der Waals surface area contributed by atoms with Gasteiger partial charge in [0.15, 0.2) is 6.61 Å². The molecule has 30 heavy (non-hydrogen) atoms. The fraction of sp³-hybridized carbons (Fsp3) is 0.476. The lowest BCUT2D eigenvalue weighted by Gasteiger charge is -2.34. The number of hydrazone groups is 1. The SMILES string of the molecule is CC(=O)N1CCN(C(=O)CCC(=O)OCC(=O)N2CCC(c3ccccc3)=N2)CC1. The molecule has 0 aromatic heterocycles. The Morgan fingerprint density at radius 2 is 1.57 bits per heavy atom. The number of carbonyl (C=O) groups excluding carboxylic acids is 4. The molecule has 2 aliphatic rings. The van der Waals surface area contributed by atoms with Gasteiger partial charge in [-0.1, -0.05) is 30.3 Å². The number of rotatable bonds is 6. The van der Waals surface area contributed by atoms with E-state index in [1.807, 2.05) is 30.3 Å². The Balaban J connectivity index is 1.37. The van der Waals surface area contributed by atoms with Gasteiger partial charge in [0.1, 0.15) is 0 Å². The molecule has 9 heteroatoms. The minimum Gasteiger partial charge on any atom is -0.455 e. The molecule has 1 fully saturated rings. The van der Waals surface area contributed by atoms with Gasteiger partial charge in [-0.2, -0.15) is 5.10 Å². The van der Waals surface area contributed by atoms with Gasteiger partial charge in [-0.3, -0.25) is 19.2 Å². The zero-order valence-corrected chi connectivity index (χ0v) is 17.1. The van der Waals surface area contributed by atoms with E-state index in [0.717, 1.165) is 11.3 Å². The molecular weight excluding hydrogens is 388 g/mol. The third-order valence-corrected chi connectivity index (χ3v) is 5.17. The van der Waals surface area contributed by atoms with Gasteiger partial charge >= 0.3 is 5.97 Å². The van der Waals surface area contributed by atoms with Crippen LogP contribution in [-0.4, -0.2) is 83.5 Å². The molecule has 0 unspecified atom stereocenters. The van der Waals surface area contributed by atoms with Crippen LogP contribution in [0.15, 0.2) is 35.4 Å². The van der Waals surface area contributed by atoms with Crippen LogP contribution in [0.5, 0.6) is 0 Å². The zero-order valence-electron chi connectivity index (χ0n) is 17.1. The molecular formula is C21H26N4O5. The van der Waals surface area contributed by atoms with Crippen LogP contribution in [0.25, 0.3) is 0 Å². The summed E-state index contributed by atoms with van der Waals surface area (Å²) in [6.07, 6.45) is 0.583. The fourth-order valence-corrected chi connectivity index (χ4v) is 3.40. The van der Waals surface area contributed by atoms with Gasteiger partial charge in [0.2, 0.25) is 11.8 Å². The second-order valence-electron chi connectivity index (χ2n) is 7.23. The summed E-state index contributed by atoms with van der Waals surface area (Å²) in [5.41, 5.74) is 1.79. The summed E-state index contributed by atoms with van der Waals surface area (Å²) < 4.78 is 5.02. The molecule has 0 bridgehead atoms. The van der Waals surface area contributed by atoms with Crippen molar-refractivity contribution in [2.75, 3.05) is 39.3 Å². The summed E-state index contributed by atoms with van der Waals surface area (Å²) in [5.74, 6) is -1.14. The average Bonchev–Trinajstić information content (AvgIpc) is 3.27. The Bertz CT molecular complexity index is 831. The highest BCUT2D eigenvalue weighted by Crippen LogP contribution is 2.14. The van der Waals surface area contributed by atoms with E-state index in [-0.39, 0.29) is 30.6 Å². The highest BCUT2D eigenvalue weighted by molar-refractivity contribution is 6.02. The molecule has 2 heterocycles. The number of amides is 3. The number of hydrogen-bond acceptors (Lipinski definition) is 6. The third-order valence-electron chi connectivity index (χ3n) is 5.17. The van der Waals surface area contributed by atoms with Crippen LogP contribution in [0.2, 0.25) is 0 Å². The molecule has 9 nitrogen and oxygen atoms in total. The zero-order chi connectivity index (χ0) is 21.5. The summed E-state index contributed by atoms with van der Waals surface area (Å²) >= 11 is 0. The van der Waals surface area contributed by atoms with E-state index in [1.165, 1.54) is 11.9 Å². The van der Waals surface area contributed by atoms with E-state index >= 15 is 0 Å². The first-order valence-electron chi connectivity index (χ1n) is 10.1. The standard InChI is InChI=1S/C21H26N4O5/c1-16(26)23-11-13-24(14-12-23)19(27)7-8-21(29)30-15-20(28)25-10-9-18(22-25)17-5-3-2-4-6-17/h2-6H,7-15H2,1H3. The van der Waals surface area contributed by atoms with Crippen molar-refractivity contribution in [3.05, 3.63) is 35.9 Å². The van der Waals surface area contributed by atoms with Crippen molar-refractivity contribution < 1.29 is 23.9 Å². The normalized spacial score (nSPS) is 16.3. The van der Waals surface area contributed by atoms with E-state index < -0.39 is 12.6 Å². The number of carbonyl (C=O) groups is 4. The lowest BCUT2D eigenvalue weighted by molar-refractivity contribution is -0.153. The summed E-state index contributed by atoms with van der Waals surface area (Å²) in [7, 11) is 0. The lowest BCUT2D eigenvalue weighted by atomic mass is 10.1. The van der Waals surface area contributed by atoms with Crippen LogP contribution < -0.4 is 0 Å². The van der Waals surface area contributed by atoms with Crippen LogP contribution in [0, 0.1) is 0 Å². The molecule has 0 N–H and O–H groups in total. The van der Waals surface area contributed by atoms with Gasteiger partial charge in [0.05, 0.1) is 18.7 Å². The molecule has 3 rings (SSSR count). The Morgan fingerprint density at radius 3 is 2.23 bits per heavy atom. The highest BCUT2D eigenvalue weighted by atomic mass is 16.5. The van der Waals surface area contributed by atoms with E-state index in [2.05, 4.69) is 5.10 Å². The van der Waals surface area contributed by atoms with Crippen molar-refractivity contribution in [2.24, 2.45) is 5.10 Å². The minimum absolute atomic E-state index is 0.00595. The van der Waals surface area contributed by atoms with Crippen molar-refractivity contribution in [1.82, 2.24) is 14.8 Å². The number of benzene rings is 1. The van der Waals surface area contributed by atoms with Gasteiger partial charge in [-0.15, -0.1) is 0 Å². The monoisotopic (exact) mass is 414 g/mol. The van der Waals surface area contributed by atoms with Crippen LogP contribution in [0.1, 0.15) is 31.7 Å². The predicted octanol–water partition coefficient (Wildman–Crippen LogP) is 0.637. The summed E-state index contributed by atoms with van der Waals surface area (Å²) in [6.45, 7) is 3.49. The van der Waals surface area contributed by atoms with Crippen LogP contribution in [-0.2, 0) is 23.9 Å². The molecule has 1 saturated heterocycles. The van der Waals surface area contributed by atoms with Gasteiger partial charge < -0.3 is 14.5 Å². The maximum Gasteiger partial charge on any atom is 0.306 e. The summed E-state index contributed by atoms with van der Waals surface area (Å²) in [4.78, 5) is 51.0. The van der Waals surface area contributed by atoms with Gasteiger partial charge in [0, 0.05) is 45.9 Å². The van der Waals surface area contributed by atoms with E-state index in [0.29, 0.717) is 39.1 Å². The summed E-state index contributed by atoms with van der Waals surface area (Å²) in [5, 5.41) is 5.63. The van der Waals surface area contributed by atoms with Gasteiger partial charge in [-0.25, -0.2) is 5.01 Å². The molecule has 0 atom stereocenters. The van der Waals surface area contributed by atoms with Crippen LogP contribution in [0.3, 0.4) is 0 Å². The first-order chi connectivity index (χ1) is 14.4. The van der Waals surface area contributed by atoms with E-state index in [4.69, 9.17) is 4.74 Å². The largest absolute Gasteiger partial charge is 0.455 e. The molecule has 1 aromatic carbocycles. The molecule has 1 aromatic rings. The van der Waals surface area contributed by atoms with Crippen LogP contribution in [0.4, 0.5) is 0 Å². The molecule has 3 amide bonds. The first-order valence-corrected chi connectivity index (χ1v) is 10.1. The number of ether oxygens (including phenoxy) is 1. The molecule has 160 valence electrons. The molecule has 0 saturated carbocycles. The second-order valence-corrected chi connectivity index (χ2v) is 7.23. The average molecular weight is 414 g/mol. The topological polar surface area (TPSA) is 99.6 Å². The van der Waals surface area contributed by atoms with Crippen LogP contribution >= 0.6 is 0 Å². The molecule has 0 aliphatic carbocycles. The summed E-state index contributed by atoms with van der Waals surface area (Å²) in [6, 6.07) is 9.61. The van der Waals surface area contributed by atoms with E-state index in [1.54, 1.807) is 9.80 Å². The van der Waals surface area contributed by atoms with Crippen molar-refractivity contribution in [2.45, 2.75) is 26.2 Å². The smallest absolute Gasteiger partial charge is 0.306 e. The fourth-order valence-electron chi connectivity index (χ4n) is 3.40. The van der Waals surface area contributed by atoms with Gasteiger partial charge in [-0.05, 0) is 5.56 Å². The van der Waals surface area contributed by atoms with Gasteiger partial charge in [0.25, 0.3) is 5.91 Å². The minimum atomic E-state index is -0.592. The molecule has 0 spiro atoms. The predicted molar refractivity (Wildman–Crippen MR) is 108 cm³/mol. The maximum absolute atomic E-state index is 12.2. The van der Waals surface area contributed by atoms with Crippen molar-refractivity contribution in [3.8, 4) is 0 Å². The van der Waals surface area contributed by atoms with Crippen molar-refractivity contribution in [3.63, 3.8) is 0 Å². The molecule has 2 aliphatic heterocycles. The van der Waals surface area contributed by atoms with Crippen molar-refractivity contribution in [1.29, 1.82) is 0 Å². The quantitative estimate of drug-likeness (QED) is 0.636. The number of piperazine rings is 1. The maximum atomic E-state index is 12.2. The number of esters is 1. The first kappa shape index (κ1) is 21.5. The Hall–Kier alpha value is -3.23. The number of hydrogen-bond donors (Lipinski definition) is 0. The lowest BCUT2D eigenvalue weighted by Crippen LogP contribution is -2.50. The Kier molecular flexibility index (Phi) is 7.16. The van der Waals surface area contributed by atoms with Crippen molar-refractivity contribution >= 4 is 29.4 Å². The Labute approximate surface area is 175 Å². The third kappa shape index (κ3) is 5.65. The second kappa shape index (κ2) is 10.00. The molecule has 0 radical (unpaired) electrons. The van der Waals surface area contributed by atoms with E-state index in [9.17, 15) is 19.2 Å².